The molecule has 30 heavy (non-hydrogen) atoms. The van der Waals surface area contributed by atoms with Crippen molar-refractivity contribution < 1.29 is 9.53 Å². The number of anilines is 1. The van der Waals surface area contributed by atoms with Gasteiger partial charge in [0.05, 0.1) is 6.04 Å². The summed E-state index contributed by atoms with van der Waals surface area (Å²) in [4.78, 5) is 18.7. The largest absolute Gasteiger partial charge is 0.462 e. The summed E-state index contributed by atoms with van der Waals surface area (Å²) in [5.74, 6) is 0.682. The zero-order valence-corrected chi connectivity index (χ0v) is 20.7. The van der Waals surface area contributed by atoms with Gasteiger partial charge in [-0.25, -0.2) is 0 Å². The van der Waals surface area contributed by atoms with Gasteiger partial charge in [-0.3, -0.25) is 9.79 Å². The molecule has 1 aliphatic heterocycles. The Hall–Kier alpha value is -1.51. The van der Waals surface area contributed by atoms with Crippen molar-refractivity contribution in [3.8, 4) is 0 Å². The molecule has 1 saturated carbocycles. The third-order valence-corrected chi connectivity index (χ3v) is 5.87. The Morgan fingerprint density at radius 2 is 1.97 bits per heavy atom. The average Bonchev–Trinajstić information content (AvgIpc) is 3.44. The second kappa shape index (κ2) is 13.0. The van der Waals surface area contributed by atoms with Crippen molar-refractivity contribution in [2.45, 2.75) is 70.4 Å². The number of nitrogens with zero attached hydrogens (tertiary/aromatic N) is 2. The van der Waals surface area contributed by atoms with Gasteiger partial charge in [-0.15, -0.1) is 24.0 Å². The number of hydrogen-bond acceptors (Lipinski definition) is 4. The SMILES string of the molecule is CN=C(NCCCC(=O)OC1CCCC1)NC(C)c1cccc(N2CCCC2)c1.I. The third kappa shape index (κ3) is 7.63. The number of rotatable bonds is 8. The van der Waals surface area contributed by atoms with E-state index < -0.39 is 0 Å². The van der Waals surface area contributed by atoms with Crippen LogP contribution in [0, 0.1) is 0 Å². The Kier molecular flexibility index (Phi) is 10.7. The molecule has 2 N–H and O–H groups in total. The van der Waals surface area contributed by atoms with Crippen LogP contribution in [0.2, 0.25) is 0 Å². The van der Waals surface area contributed by atoms with Gasteiger partial charge < -0.3 is 20.3 Å². The fraction of sp³-hybridized carbons (Fsp3) is 0.652. The maximum absolute atomic E-state index is 11.9. The van der Waals surface area contributed by atoms with Crippen molar-refractivity contribution in [3.63, 3.8) is 0 Å². The van der Waals surface area contributed by atoms with Crippen molar-refractivity contribution in [1.29, 1.82) is 0 Å². The van der Waals surface area contributed by atoms with Crippen LogP contribution in [0.4, 0.5) is 5.69 Å². The van der Waals surface area contributed by atoms with Gasteiger partial charge >= 0.3 is 5.97 Å². The van der Waals surface area contributed by atoms with E-state index in [1.54, 1.807) is 7.05 Å². The highest BCUT2D eigenvalue weighted by Gasteiger charge is 2.19. The first-order chi connectivity index (χ1) is 14.2. The smallest absolute Gasteiger partial charge is 0.306 e. The maximum Gasteiger partial charge on any atom is 0.306 e. The van der Waals surface area contributed by atoms with Crippen LogP contribution < -0.4 is 15.5 Å². The van der Waals surface area contributed by atoms with Crippen molar-refractivity contribution in [3.05, 3.63) is 29.8 Å². The Labute approximate surface area is 198 Å². The highest BCUT2D eigenvalue weighted by Crippen LogP contribution is 2.24. The fourth-order valence-corrected chi connectivity index (χ4v) is 4.14. The minimum absolute atomic E-state index is 0. The number of carbonyl (C=O) groups excluding carboxylic acids is 1. The van der Waals surface area contributed by atoms with E-state index in [4.69, 9.17) is 4.74 Å². The normalized spacial score (nSPS) is 18.1. The molecule has 1 aliphatic carbocycles. The van der Waals surface area contributed by atoms with Gasteiger partial charge in [-0.2, -0.15) is 0 Å². The van der Waals surface area contributed by atoms with Gasteiger partial charge in [-0.1, -0.05) is 12.1 Å². The predicted octanol–water partition coefficient (Wildman–Crippen LogP) is 4.40. The molecule has 2 fully saturated rings. The molecule has 1 aromatic rings. The number of guanidine groups is 1. The molecule has 1 unspecified atom stereocenters. The first-order valence-corrected chi connectivity index (χ1v) is 11.2. The molecule has 7 heteroatoms. The summed E-state index contributed by atoms with van der Waals surface area (Å²) in [6, 6.07) is 8.90. The molecule has 6 nitrogen and oxygen atoms in total. The molecule has 168 valence electrons. The number of carbonyl (C=O) groups is 1. The van der Waals surface area contributed by atoms with Gasteiger partial charge in [0, 0.05) is 38.8 Å². The van der Waals surface area contributed by atoms with Gasteiger partial charge in [0.15, 0.2) is 5.96 Å². The van der Waals surface area contributed by atoms with E-state index in [0.717, 1.165) is 38.3 Å². The minimum Gasteiger partial charge on any atom is -0.462 e. The molecule has 1 atom stereocenters. The molecule has 1 aromatic carbocycles. The summed E-state index contributed by atoms with van der Waals surface area (Å²) in [7, 11) is 1.77. The molecule has 2 aliphatic rings. The molecule has 0 bridgehead atoms. The lowest BCUT2D eigenvalue weighted by molar-refractivity contribution is -0.148. The summed E-state index contributed by atoms with van der Waals surface area (Å²) in [5.41, 5.74) is 2.55. The molecule has 3 rings (SSSR count). The minimum atomic E-state index is -0.0752. The predicted molar refractivity (Wildman–Crippen MR) is 134 cm³/mol. The Bertz CT molecular complexity index is 686. The molecule has 0 spiro atoms. The van der Waals surface area contributed by atoms with Gasteiger partial charge in [0.25, 0.3) is 0 Å². The standard InChI is InChI=1S/C23H36N4O2.HI/c1-18(19-9-7-10-20(17-19)27-15-5-6-16-27)26-23(24-2)25-14-8-13-22(28)29-21-11-3-4-12-21;/h7,9-10,17-18,21H,3-6,8,11-16H2,1-2H3,(H2,24,25,26);1H. The first-order valence-electron chi connectivity index (χ1n) is 11.2. The van der Waals surface area contributed by atoms with Gasteiger partial charge in [-0.05, 0) is 69.6 Å². The van der Waals surface area contributed by atoms with Crippen LogP contribution in [0.3, 0.4) is 0 Å². The lowest BCUT2D eigenvalue weighted by Crippen LogP contribution is -2.39. The molecule has 1 saturated heterocycles. The summed E-state index contributed by atoms with van der Waals surface area (Å²) in [5, 5.41) is 6.76. The van der Waals surface area contributed by atoms with Crippen LogP contribution in [0.25, 0.3) is 0 Å². The summed E-state index contributed by atoms with van der Waals surface area (Å²) in [6.07, 6.45) is 8.32. The van der Waals surface area contributed by atoms with Crippen molar-refractivity contribution in [2.75, 3.05) is 31.6 Å². The average molecular weight is 528 g/mol. The lowest BCUT2D eigenvalue weighted by Gasteiger charge is -2.22. The molecular formula is C23H37IN4O2. The lowest BCUT2D eigenvalue weighted by atomic mass is 10.1. The molecule has 0 aromatic heterocycles. The van der Waals surface area contributed by atoms with E-state index in [1.807, 2.05) is 0 Å². The van der Waals surface area contributed by atoms with E-state index >= 15 is 0 Å². The molecular weight excluding hydrogens is 491 g/mol. The van der Waals surface area contributed by atoms with Crippen molar-refractivity contribution in [1.82, 2.24) is 10.6 Å². The number of aliphatic imine (C=N–C) groups is 1. The van der Waals surface area contributed by atoms with E-state index in [-0.39, 0.29) is 42.1 Å². The number of halogens is 1. The van der Waals surface area contributed by atoms with Crippen LogP contribution in [-0.4, -0.2) is 44.7 Å². The van der Waals surface area contributed by atoms with Crippen LogP contribution >= 0.6 is 24.0 Å². The van der Waals surface area contributed by atoms with E-state index in [1.165, 1.54) is 36.9 Å². The highest BCUT2D eigenvalue weighted by atomic mass is 127. The Morgan fingerprint density at radius 1 is 1.23 bits per heavy atom. The number of benzene rings is 1. The summed E-state index contributed by atoms with van der Waals surface area (Å²) in [6.45, 7) is 5.14. The van der Waals surface area contributed by atoms with Crippen molar-refractivity contribution >= 4 is 41.6 Å². The number of esters is 1. The van der Waals surface area contributed by atoms with Crippen LogP contribution in [-0.2, 0) is 9.53 Å². The van der Waals surface area contributed by atoms with E-state index in [0.29, 0.717) is 13.0 Å². The first kappa shape index (κ1) is 24.8. The van der Waals surface area contributed by atoms with E-state index in [9.17, 15) is 4.79 Å². The monoisotopic (exact) mass is 528 g/mol. The molecule has 0 radical (unpaired) electrons. The van der Waals surface area contributed by atoms with Crippen molar-refractivity contribution in [2.24, 2.45) is 4.99 Å². The Balaban J connectivity index is 0.00000320. The Morgan fingerprint density at radius 3 is 2.67 bits per heavy atom. The third-order valence-electron chi connectivity index (χ3n) is 5.87. The maximum atomic E-state index is 11.9. The quantitative estimate of drug-likeness (QED) is 0.172. The van der Waals surface area contributed by atoms with Crippen LogP contribution in [0.15, 0.2) is 29.3 Å². The zero-order chi connectivity index (χ0) is 20.5. The second-order valence-corrected chi connectivity index (χ2v) is 8.15. The number of hydrogen-bond donors (Lipinski definition) is 2. The van der Waals surface area contributed by atoms with Crippen LogP contribution in [0.5, 0.6) is 0 Å². The summed E-state index contributed by atoms with van der Waals surface area (Å²) < 4.78 is 5.50. The van der Waals surface area contributed by atoms with Gasteiger partial charge in [0.2, 0.25) is 0 Å². The highest BCUT2D eigenvalue weighted by molar-refractivity contribution is 14.0. The number of ether oxygens (including phenoxy) is 1. The van der Waals surface area contributed by atoms with Gasteiger partial charge in [0.1, 0.15) is 6.10 Å². The second-order valence-electron chi connectivity index (χ2n) is 8.15. The van der Waals surface area contributed by atoms with E-state index in [2.05, 4.69) is 51.7 Å². The topological polar surface area (TPSA) is 66.0 Å². The number of nitrogens with one attached hydrogen (secondary N) is 2. The molecule has 1 heterocycles. The zero-order valence-electron chi connectivity index (χ0n) is 18.4. The fourth-order valence-electron chi connectivity index (χ4n) is 4.14. The molecule has 0 amide bonds. The summed E-state index contributed by atoms with van der Waals surface area (Å²) >= 11 is 0. The van der Waals surface area contributed by atoms with Crippen LogP contribution in [0.1, 0.15) is 69.9 Å².